The second-order valence-electron chi connectivity index (χ2n) is 4.87. The lowest BCUT2D eigenvalue weighted by molar-refractivity contribution is -0.304. The molecule has 2 rings (SSSR count). The molecular weight excluding hydrogens is 358 g/mol. The minimum Gasteiger partial charge on any atom is -0.430 e. The van der Waals surface area contributed by atoms with E-state index in [0.29, 0.717) is 5.76 Å². The van der Waals surface area contributed by atoms with Gasteiger partial charge >= 0.3 is 12.3 Å². The molecule has 0 radical (unpaired) electrons. The number of nitrogens with one attached hydrogen (secondary N) is 1. The normalized spacial score (nSPS) is 13.4. The van der Waals surface area contributed by atoms with Crippen LogP contribution >= 0.6 is 0 Å². The van der Waals surface area contributed by atoms with E-state index in [0.717, 1.165) is 24.3 Å². The van der Waals surface area contributed by atoms with E-state index in [-0.39, 0.29) is 11.4 Å². The van der Waals surface area contributed by atoms with Crippen LogP contribution in [0.25, 0.3) is 0 Å². The lowest BCUT2D eigenvalue weighted by Gasteiger charge is -2.23. The quantitative estimate of drug-likeness (QED) is 0.807. The van der Waals surface area contributed by atoms with Crippen LogP contribution in [0.2, 0.25) is 0 Å². The van der Waals surface area contributed by atoms with Crippen LogP contribution in [0.4, 0.5) is 32.2 Å². The number of carbonyl (C=O) groups excluding carboxylic acids is 1. The zero-order valence-electron chi connectivity index (χ0n) is 12.4. The average Bonchev–Trinajstić information content (AvgIpc) is 2.91. The van der Waals surface area contributed by atoms with Gasteiger partial charge in [-0.25, -0.2) is 4.39 Å². The number of carbonyl (C=O) groups is 1. The number of hydrogen-bond acceptors (Lipinski definition) is 4. The van der Waals surface area contributed by atoms with Gasteiger partial charge in [0.25, 0.3) is 12.1 Å². The molecule has 0 aliphatic carbocycles. The SMILES string of the molecule is Cc1cc(NC(=O)c2ccc(OC(F)(F)C(F)C(F)(F)F)cc2)no1. The molecule has 0 fully saturated rings. The molecule has 1 aromatic carbocycles. The van der Waals surface area contributed by atoms with Crippen molar-refractivity contribution in [3.63, 3.8) is 0 Å². The number of halogens is 6. The number of amides is 1. The molecule has 0 saturated carbocycles. The summed E-state index contributed by atoms with van der Waals surface area (Å²) in [6.45, 7) is 1.59. The van der Waals surface area contributed by atoms with Crippen LogP contribution in [0, 0.1) is 6.92 Å². The summed E-state index contributed by atoms with van der Waals surface area (Å²) in [6.07, 6.45) is -15.4. The first-order valence-corrected chi connectivity index (χ1v) is 6.61. The van der Waals surface area contributed by atoms with E-state index >= 15 is 0 Å². The van der Waals surface area contributed by atoms with Gasteiger partial charge in [0.15, 0.2) is 5.82 Å². The summed E-state index contributed by atoms with van der Waals surface area (Å²) in [5, 5.41) is 5.85. The molecule has 5 nitrogen and oxygen atoms in total. The number of benzene rings is 1. The number of rotatable bonds is 5. The molecule has 0 aliphatic rings. The Bertz CT molecular complexity index is 742. The smallest absolute Gasteiger partial charge is 0.430 e. The van der Waals surface area contributed by atoms with Crippen molar-refractivity contribution in [3.8, 4) is 5.75 Å². The number of alkyl halides is 6. The number of ether oxygens (including phenoxy) is 1. The summed E-state index contributed by atoms with van der Waals surface area (Å²) >= 11 is 0. The summed E-state index contributed by atoms with van der Waals surface area (Å²) in [5.74, 6) is -0.873. The molecule has 0 saturated heterocycles. The van der Waals surface area contributed by atoms with Crippen LogP contribution in [0.15, 0.2) is 34.9 Å². The largest absolute Gasteiger partial charge is 0.439 e. The number of hydrogen-bond donors (Lipinski definition) is 1. The lowest BCUT2D eigenvalue weighted by atomic mass is 10.2. The van der Waals surface area contributed by atoms with E-state index in [1.807, 2.05) is 0 Å². The summed E-state index contributed by atoms with van der Waals surface area (Å²) in [5.41, 5.74) is -0.0241. The van der Waals surface area contributed by atoms with Crippen molar-refractivity contribution in [1.82, 2.24) is 5.16 Å². The Hall–Kier alpha value is -2.72. The van der Waals surface area contributed by atoms with E-state index in [4.69, 9.17) is 4.52 Å². The third kappa shape index (κ3) is 4.64. The van der Waals surface area contributed by atoms with Crippen LogP contribution in [-0.4, -0.2) is 29.5 Å². The van der Waals surface area contributed by atoms with Gasteiger partial charge < -0.3 is 14.6 Å². The molecule has 1 atom stereocenters. The third-order valence-electron chi connectivity index (χ3n) is 2.82. The molecule has 136 valence electrons. The topological polar surface area (TPSA) is 64.4 Å². The Balaban J connectivity index is 2.05. The molecule has 0 aliphatic heterocycles. The van der Waals surface area contributed by atoms with Crippen molar-refractivity contribution < 1.29 is 40.4 Å². The van der Waals surface area contributed by atoms with E-state index < -0.39 is 30.1 Å². The van der Waals surface area contributed by atoms with Gasteiger partial charge in [0.2, 0.25) is 0 Å². The van der Waals surface area contributed by atoms with Gasteiger partial charge in [0, 0.05) is 11.6 Å². The minimum absolute atomic E-state index is 0.0241. The van der Waals surface area contributed by atoms with Crippen LogP contribution in [-0.2, 0) is 0 Å². The fourth-order valence-electron chi connectivity index (χ4n) is 1.69. The van der Waals surface area contributed by atoms with E-state index in [1.54, 1.807) is 6.92 Å². The molecule has 0 bridgehead atoms. The maximum atomic E-state index is 13.1. The molecule has 11 heteroatoms. The predicted octanol–water partition coefficient (Wildman–Crippen LogP) is 4.11. The second kappa shape index (κ2) is 6.65. The molecule has 1 aromatic heterocycles. The third-order valence-corrected chi connectivity index (χ3v) is 2.82. The van der Waals surface area contributed by atoms with Gasteiger partial charge in [0.1, 0.15) is 11.5 Å². The highest BCUT2D eigenvalue weighted by Crippen LogP contribution is 2.36. The minimum atomic E-state index is -5.78. The first-order valence-electron chi connectivity index (χ1n) is 6.61. The van der Waals surface area contributed by atoms with E-state index in [9.17, 15) is 31.1 Å². The van der Waals surface area contributed by atoms with Crippen LogP contribution < -0.4 is 10.1 Å². The van der Waals surface area contributed by atoms with Crippen molar-refractivity contribution in [3.05, 3.63) is 41.7 Å². The summed E-state index contributed by atoms with van der Waals surface area (Å²) in [6, 6.07) is 5.05. The molecule has 25 heavy (non-hydrogen) atoms. The van der Waals surface area contributed by atoms with Gasteiger partial charge in [-0.1, -0.05) is 5.16 Å². The molecule has 1 N–H and O–H groups in total. The Morgan fingerprint density at radius 1 is 1.20 bits per heavy atom. The standard InChI is InChI=1S/C14H10F6N2O3/c1-7-6-10(22-25-7)21-11(23)8-2-4-9(5-3-8)24-14(19,20)12(15)13(16,17)18/h2-6,12H,1H3,(H,21,22,23). The lowest BCUT2D eigenvalue weighted by Crippen LogP contribution is -2.45. The maximum absolute atomic E-state index is 13.1. The number of aryl methyl sites for hydroxylation is 1. The van der Waals surface area contributed by atoms with Gasteiger partial charge in [-0.05, 0) is 31.2 Å². The first-order chi connectivity index (χ1) is 11.5. The maximum Gasteiger partial charge on any atom is 0.439 e. The molecule has 1 unspecified atom stereocenters. The molecule has 1 heterocycles. The highest BCUT2D eigenvalue weighted by molar-refractivity contribution is 6.03. The monoisotopic (exact) mass is 368 g/mol. The van der Waals surface area contributed by atoms with Crippen LogP contribution in [0.1, 0.15) is 16.1 Å². The van der Waals surface area contributed by atoms with Crippen LogP contribution in [0.3, 0.4) is 0 Å². The van der Waals surface area contributed by atoms with Crippen molar-refractivity contribution in [1.29, 1.82) is 0 Å². The summed E-state index contributed by atoms with van der Waals surface area (Å²) in [4.78, 5) is 11.9. The number of aromatic nitrogens is 1. The van der Waals surface area contributed by atoms with Gasteiger partial charge in [-0.3, -0.25) is 4.79 Å². The first kappa shape index (κ1) is 18.6. The Kier molecular flexibility index (Phi) is 4.95. The highest BCUT2D eigenvalue weighted by atomic mass is 19.4. The molecule has 0 spiro atoms. The fourth-order valence-corrected chi connectivity index (χ4v) is 1.69. The van der Waals surface area contributed by atoms with Crippen molar-refractivity contribution in [2.45, 2.75) is 25.4 Å². The summed E-state index contributed by atoms with van der Waals surface area (Å²) in [7, 11) is 0. The molecule has 2 aromatic rings. The van der Waals surface area contributed by atoms with Crippen molar-refractivity contribution in [2.24, 2.45) is 0 Å². The molecular formula is C14H10F6N2O3. The van der Waals surface area contributed by atoms with Crippen LogP contribution in [0.5, 0.6) is 5.75 Å². The Morgan fingerprint density at radius 2 is 1.80 bits per heavy atom. The van der Waals surface area contributed by atoms with E-state index in [1.165, 1.54) is 6.07 Å². The Morgan fingerprint density at radius 3 is 2.28 bits per heavy atom. The zero-order valence-corrected chi connectivity index (χ0v) is 12.4. The van der Waals surface area contributed by atoms with Gasteiger partial charge in [-0.2, -0.15) is 22.0 Å². The fraction of sp³-hybridized carbons (Fsp3) is 0.286. The van der Waals surface area contributed by atoms with Crippen molar-refractivity contribution >= 4 is 11.7 Å². The van der Waals surface area contributed by atoms with Crippen molar-refractivity contribution in [2.75, 3.05) is 5.32 Å². The summed E-state index contributed by atoms with van der Waals surface area (Å²) < 4.78 is 83.6. The average molecular weight is 368 g/mol. The Labute approximate surface area is 136 Å². The van der Waals surface area contributed by atoms with Gasteiger partial charge in [0.05, 0.1) is 0 Å². The molecule has 1 amide bonds. The van der Waals surface area contributed by atoms with E-state index in [2.05, 4.69) is 15.2 Å². The zero-order chi connectivity index (χ0) is 18.8. The number of nitrogens with zero attached hydrogens (tertiary/aromatic N) is 1. The predicted molar refractivity (Wildman–Crippen MR) is 72.2 cm³/mol. The second-order valence-corrected chi connectivity index (χ2v) is 4.87. The number of anilines is 1. The highest BCUT2D eigenvalue weighted by Gasteiger charge is 2.59. The van der Waals surface area contributed by atoms with Gasteiger partial charge in [-0.15, -0.1) is 0 Å².